The van der Waals surface area contributed by atoms with E-state index in [1.54, 1.807) is 20.8 Å². The second-order valence-corrected chi connectivity index (χ2v) is 12.9. The van der Waals surface area contributed by atoms with Gasteiger partial charge in [-0.3, -0.25) is 14.3 Å². The molecule has 2 rings (SSSR count). The Balaban J connectivity index is 2.38. The fraction of sp³-hybridized carbons (Fsp3) is 0.435. The van der Waals surface area contributed by atoms with E-state index in [1.807, 2.05) is 13.8 Å². The predicted octanol–water partition coefficient (Wildman–Crippen LogP) is 4.38. The van der Waals surface area contributed by atoms with Gasteiger partial charge in [-0.15, -0.1) is 15.7 Å². The Hall–Kier alpha value is -2.83. The summed E-state index contributed by atoms with van der Waals surface area (Å²) in [7, 11) is -3.83. The van der Waals surface area contributed by atoms with Gasteiger partial charge in [0.2, 0.25) is 5.91 Å². The molecule has 36 heavy (non-hydrogen) atoms. The summed E-state index contributed by atoms with van der Waals surface area (Å²) in [5, 5.41) is 23.3. The van der Waals surface area contributed by atoms with Crippen LogP contribution in [0.25, 0.3) is 0 Å². The molecule has 0 aliphatic heterocycles. The molecule has 198 valence electrons. The lowest BCUT2D eigenvalue weighted by Crippen LogP contribution is -2.44. The number of alkyl carbamates (subject to hydrolysis) is 1. The third-order valence-corrected chi connectivity index (χ3v) is 8.03. The number of halogens is 1. The summed E-state index contributed by atoms with van der Waals surface area (Å²) in [4.78, 5) is 38.2. The molecule has 0 radical (unpaired) electrons. The van der Waals surface area contributed by atoms with Crippen molar-refractivity contribution in [3.8, 4) is 11.5 Å². The molecule has 2 aromatic rings. The van der Waals surface area contributed by atoms with Crippen LogP contribution in [-0.4, -0.2) is 44.0 Å². The molecule has 0 bridgehead atoms. The van der Waals surface area contributed by atoms with Gasteiger partial charge in [-0.05, 0) is 56.9 Å². The number of thiophene rings is 1. The minimum atomic E-state index is -3.83. The van der Waals surface area contributed by atoms with E-state index in [0.29, 0.717) is 5.56 Å². The molecular weight excluding hydrogens is 530 g/mol. The number of phenols is 2. The summed E-state index contributed by atoms with van der Waals surface area (Å²) in [5.74, 6) is -2.48. The number of nitrogens with zero attached hydrogens (tertiary/aromatic N) is 1. The van der Waals surface area contributed by atoms with E-state index < -0.39 is 45.2 Å². The van der Waals surface area contributed by atoms with Crippen molar-refractivity contribution in [1.29, 1.82) is 0 Å². The number of benzene rings is 1. The second-order valence-electron chi connectivity index (χ2n) is 9.39. The SMILES string of the molecule is CC(C)C[C@H](NC(=O)OC(C)(C)C)C(=O)N=S(=O)(NC(=O)Cc1ccc(O)c(O)c1)c1cc(Cl)cs1. The van der Waals surface area contributed by atoms with Crippen LogP contribution in [0.15, 0.2) is 38.2 Å². The van der Waals surface area contributed by atoms with E-state index in [4.69, 9.17) is 16.3 Å². The standard InChI is InChI=1S/C23H30ClN3O7S2/c1-13(2)8-16(25-22(32)34-23(3,4)5)21(31)27-36(33,20-11-15(24)12-35-20)26-19(30)10-14-6-7-17(28)18(29)9-14/h6-7,9,11-13,16,28-29H,8,10H2,1-5H3,(H,25,32)(H,26,27,30,31,33)/t16-,36?/m0/s1. The number of aromatic hydroxyl groups is 2. The first-order chi connectivity index (χ1) is 16.6. The van der Waals surface area contributed by atoms with Crippen molar-refractivity contribution in [3.63, 3.8) is 0 Å². The summed E-state index contributed by atoms with van der Waals surface area (Å²) in [5.41, 5.74) is -0.478. The van der Waals surface area contributed by atoms with Crippen molar-refractivity contribution in [1.82, 2.24) is 10.0 Å². The van der Waals surface area contributed by atoms with Crippen LogP contribution in [0, 0.1) is 5.92 Å². The van der Waals surface area contributed by atoms with E-state index >= 15 is 0 Å². The Morgan fingerprint density at radius 1 is 1.17 bits per heavy atom. The molecule has 0 aliphatic rings. The smallest absolute Gasteiger partial charge is 0.408 e. The molecule has 1 unspecified atom stereocenters. The van der Waals surface area contributed by atoms with Crippen LogP contribution in [-0.2, 0) is 30.7 Å². The largest absolute Gasteiger partial charge is 0.504 e. The third-order valence-electron chi connectivity index (χ3n) is 4.39. The molecule has 0 aliphatic carbocycles. The Bertz CT molecular complexity index is 1240. The highest BCUT2D eigenvalue weighted by Gasteiger charge is 2.28. The third kappa shape index (κ3) is 8.99. The monoisotopic (exact) mass is 559 g/mol. The lowest BCUT2D eigenvalue weighted by molar-refractivity contribution is -0.120. The first kappa shape index (κ1) is 29.4. The molecule has 4 N–H and O–H groups in total. The molecule has 1 aromatic heterocycles. The van der Waals surface area contributed by atoms with Crippen molar-refractivity contribution in [2.24, 2.45) is 10.3 Å². The van der Waals surface area contributed by atoms with Crippen molar-refractivity contribution in [3.05, 3.63) is 40.2 Å². The predicted molar refractivity (Wildman–Crippen MR) is 137 cm³/mol. The highest BCUT2D eigenvalue weighted by Crippen LogP contribution is 2.27. The second kappa shape index (κ2) is 11.9. The molecule has 13 heteroatoms. The van der Waals surface area contributed by atoms with Gasteiger partial charge in [0.05, 0.1) is 11.4 Å². The number of carbonyl (C=O) groups excluding carboxylic acids is 3. The van der Waals surface area contributed by atoms with Crippen molar-refractivity contribution >= 4 is 50.8 Å². The summed E-state index contributed by atoms with van der Waals surface area (Å²) in [6, 6.07) is 3.98. The lowest BCUT2D eigenvalue weighted by atomic mass is 10.0. The van der Waals surface area contributed by atoms with E-state index in [-0.39, 0.29) is 33.7 Å². The maximum Gasteiger partial charge on any atom is 0.408 e. The van der Waals surface area contributed by atoms with Gasteiger partial charge >= 0.3 is 6.09 Å². The number of hydrogen-bond donors (Lipinski definition) is 4. The van der Waals surface area contributed by atoms with Gasteiger partial charge in [0.25, 0.3) is 5.91 Å². The van der Waals surface area contributed by atoms with Gasteiger partial charge < -0.3 is 20.3 Å². The number of ether oxygens (including phenoxy) is 1. The number of phenolic OH excluding ortho intramolecular Hbond substituents is 2. The summed E-state index contributed by atoms with van der Waals surface area (Å²) in [6.07, 6.45) is -0.971. The normalized spacial score (nSPS) is 14.0. The topological polar surface area (TPSA) is 154 Å². The highest BCUT2D eigenvalue weighted by molar-refractivity contribution is 7.94. The van der Waals surface area contributed by atoms with Crippen LogP contribution < -0.4 is 10.0 Å². The fourth-order valence-corrected chi connectivity index (χ4v) is 6.00. The molecule has 1 heterocycles. The maximum absolute atomic E-state index is 13.8. The van der Waals surface area contributed by atoms with Crippen molar-refractivity contribution < 1.29 is 33.5 Å². The van der Waals surface area contributed by atoms with Crippen LogP contribution in [0.5, 0.6) is 11.5 Å². The Morgan fingerprint density at radius 2 is 1.83 bits per heavy atom. The summed E-state index contributed by atoms with van der Waals surface area (Å²) in [6.45, 7) is 8.69. The summed E-state index contributed by atoms with van der Waals surface area (Å²) >= 11 is 6.93. The van der Waals surface area contributed by atoms with E-state index in [1.165, 1.54) is 29.6 Å². The lowest BCUT2D eigenvalue weighted by Gasteiger charge is -2.23. The van der Waals surface area contributed by atoms with Crippen LogP contribution >= 0.6 is 22.9 Å². The van der Waals surface area contributed by atoms with Gasteiger partial charge in [-0.1, -0.05) is 31.5 Å². The Labute approximate surface area is 219 Å². The molecule has 0 saturated carbocycles. The number of nitrogens with one attached hydrogen (secondary N) is 2. The minimum Gasteiger partial charge on any atom is -0.504 e. The molecule has 0 saturated heterocycles. The molecule has 2 atom stereocenters. The van der Waals surface area contributed by atoms with Crippen LogP contribution in [0.1, 0.15) is 46.6 Å². The molecule has 1 aromatic carbocycles. The fourth-order valence-electron chi connectivity index (χ4n) is 2.95. The molecule has 3 amide bonds. The first-order valence-corrected chi connectivity index (χ1v) is 13.7. The molecular formula is C23H30ClN3O7S2. The van der Waals surface area contributed by atoms with Gasteiger partial charge in [0, 0.05) is 5.38 Å². The van der Waals surface area contributed by atoms with E-state index in [0.717, 1.165) is 11.3 Å². The summed E-state index contributed by atoms with van der Waals surface area (Å²) < 4.78 is 25.3. The molecule has 10 nitrogen and oxygen atoms in total. The zero-order chi connectivity index (χ0) is 27.3. The quantitative estimate of drug-likeness (QED) is 0.350. The number of carbonyl (C=O) groups is 3. The van der Waals surface area contributed by atoms with Crippen LogP contribution in [0.2, 0.25) is 5.02 Å². The zero-order valence-corrected chi connectivity index (χ0v) is 22.9. The molecule has 0 fully saturated rings. The average molecular weight is 560 g/mol. The average Bonchev–Trinajstić information content (AvgIpc) is 3.15. The van der Waals surface area contributed by atoms with Crippen molar-refractivity contribution in [2.45, 2.75) is 63.3 Å². The van der Waals surface area contributed by atoms with E-state index in [9.17, 15) is 28.8 Å². The van der Waals surface area contributed by atoms with Gasteiger partial charge in [-0.2, -0.15) is 0 Å². The Kier molecular flexibility index (Phi) is 9.75. The van der Waals surface area contributed by atoms with Crippen LogP contribution in [0.3, 0.4) is 0 Å². The van der Waals surface area contributed by atoms with Gasteiger partial charge in [-0.25, -0.2) is 9.00 Å². The number of hydrogen-bond acceptors (Lipinski definition) is 8. The number of amides is 3. The highest BCUT2D eigenvalue weighted by atomic mass is 35.5. The molecule has 0 spiro atoms. The minimum absolute atomic E-state index is 0.0342. The maximum atomic E-state index is 13.8. The zero-order valence-electron chi connectivity index (χ0n) is 20.5. The van der Waals surface area contributed by atoms with Gasteiger partial charge in [0.15, 0.2) is 21.4 Å². The van der Waals surface area contributed by atoms with Crippen molar-refractivity contribution in [2.75, 3.05) is 0 Å². The van der Waals surface area contributed by atoms with Gasteiger partial charge in [0.1, 0.15) is 15.9 Å². The van der Waals surface area contributed by atoms with E-state index in [2.05, 4.69) is 14.4 Å². The Morgan fingerprint density at radius 3 is 2.36 bits per heavy atom. The van der Waals surface area contributed by atoms with Crippen LogP contribution in [0.4, 0.5) is 4.79 Å². The number of rotatable bonds is 8. The first-order valence-electron chi connectivity index (χ1n) is 10.9.